The van der Waals surface area contributed by atoms with Gasteiger partial charge in [-0.2, -0.15) is 16.4 Å². The molecule has 20 heavy (non-hydrogen) atoms. The van der Waals surface area contributed by atoms with Crippen molar-refractivity contribution in [2.45, 2.75) is 12.6 Å². The van der Waals surface area contributed by atoms with E-state index in [0.29, 0.717) is 6.54 Å². The molecule has 3 rings (SSSR count). The van der Waals surface area contributed by atoms with Crippen LogP contribution in [0.2, 0.25) is 0 Å². The summed E-state index contributed by atoms with van der Waals surface area (Å²) >= 11 is 1.70. The third kappa shape index (κ3) is 3.39. The fourth-order valence-electron chi connectivity index (χ4n) is 2.40. The molecule has 3 N–H and O–H groups in total. The van der Waals surface area contributed by atoms with Crippen molar-refractivity contribution in [1.29, 1.82) is 0 Å². The molecule has 0 bridgehead atoms. The lowest BCUT2D eigenvalue weighted by Gasteiger charge is -2.32. The summed E-state index contributed by atoms with van der Waals surface area (Å²) in [6.45, 7) is 4.07. The molecule has 0 amide bonds. The molecular weight excluding hydrogens is 296 g/mol. The van der Waals surface area contributed by atoms with Gasteiger partial charge in [0.25, 0.3) is 0 Å². The maximum absolute atomic E-state index is 5.68. The van der Waals surface area contributed by atoms with E-state index in [2.05, 4.69) is 31.9 Å². The predicted octanol–water partition coefficient (Wildman–Crippen LogP) is 1.72. The zero-order valence-corrected chi connectivity index (χ0v) is 12.8. The van der Waals surface area contributed by atoms with Gasteiger partial charge in [0.1, 0.15) is 0 Å². The smallest absolute Gasteiger partial charge is 0.0824 e. The van der Waals surface area contributed by atoms with Crippen LogP contribution < -0.4 is 5.73 Å². The Labute approximate surface area is 128 Å². The molecule has 1 atom stereocenters. The fraction of sp³-hybridized carbons (Fsp3) is 0.462. The first kappa shape index (κ1) is 15.5. The number of hydrogen-bond acceptors (Lipinski definition) is 5. The zero-order valence-electron chi connectivity index (χ0n) is 11.1. The summed E-state index contributed by atoms with van der Waals surface area (Å²) in [5.74, 6) is 0. The fourth-order valence-corrected chi connectivity index (χ4v) is 3.04. The van der Waals surface area contributed by atoms with Gasteiger partial charge in [-0.3, -0.25) is 10.00 Å². The lowest BCUT2D eigenvalue weighted by Crippen LogP contribution is -2.45. The molecule has 0 aliphatic carbocycles. The number of nitrogens with two attached hydrogens (primary N) is 1. The van der Waals surface area contributed by atoms with Gasteiger partial charge in [-0.1, -0.05) is 0 Å². The number of aromatic amines is 1. The van der Waals surface area contributed by atoms with Crippen molar-refractivity contribution in [2.75, 3.05) is 26.2 Å². The van der Waals surface area contributed by atoms with E-state index in [1.165, 1.54) is 11.1 Å². The molecule has 110 valence electrons. The summed E-state index contributed by atoms with van der Waals surface area (Å²) in [5.41, 5.74) is 9.24. The Morgan fingerprint density at radius 2 is 2.45 bits per heavy atom. The van der Waals surface area contributed by atoms with Crippen LogP contribution in [0.4, 0.5) is 0 Å². The van der Waals surface area contributed by atoms with Crippen LogP contribution in [0.25, 0.3) is 11.3 Å². The van der Waals surface area contributed by atoms with Crippen LogP contribution in [0.3, 0.4) is 0 Å². The molecular formula is C13H19ClN4OS. The monoisotopic (exact) mass is 314 g/mol. The van der Waals surface area contributed by atoms with Crippen LogP contribution >= 0.6 is 23.7 Å². The SMILES string of the molecule is Cl.NCC1CN(Cc2cn[nH]c2-c2ccsc2)CCO1. The quantitative estimate of drug-likeness (QED) is 0.902. The molecule has 0 saturated carbocycles. The molecule has 2 aromatic heterocycles. The van der Waals surface area contributed by atoms with E-state index in [1.807, 2.05) is 6.20 Å². The largest absolute Gasteiger partial charge is 0.374 e. The second-order valence-electron chi connectivity index (χ2n) is 4.75. The van der Waals surface area contributed by atoms with Crippen molar-refractivity contribution in [3.05, 3.63) is 28.6 Å². The number of nitrogens with zero attached hydrogens (tertiary/aromatic N) is 2. The second kappa shape index (κ2) is 7.19. The van der Waals surface area contributed by atoms with Crippen LogP contribution in [-0.4, -0.2) is 47.4 Å². The van der Waals surface area contributed by atoms with Crippen molar-refractivity contribution in [1.82, 2.24) is 15.1 Å². The predicted molar refractivity (Wildman–Crippen MR) is 83.2 cm³/mol. The molecule has 1 saturated heterocycles. The van der Waals surface area contributed by atoms with Gasteiger partial charge in [0.05, 0.1) is 24.6 Å². The van der Waals surface area contributed by atoms with Crippen LogP contribution in [0.5, 0.6) is 0 Å². The molecule has 7 heteroatoms. The Morgan fingerprint density at radius 3 is 3.20 bits per heavy atom. The van der Waals surface area contributed by atoms with Crippen molar-refractivity contribution < 1.29 is 4.74 Å². The molecule has 5 nitrogen and oxygen atoms in total. The first-order chi connectivity index (χ1) is 9.36. The minimum Gasteiger partial charge on any atom is -0.374 e. The highest BCUT2D eigenvalue weighted by molar-refractivity contribution is 7.08. The number of rotatable bonds is 4. The molecule has 0 radical (unpaired) electrons. The van der Waals surface area contributed by atoms with Gasteiger partial charge >= 0.3 is 0 Å². The number of H-pyrrole nitrogens is 1. The van der Waals surface area contributed by atoms with E-state index >= 15 is 0 Å². The van der Waals surface area contributed by atoms with Gasteiger partial charge in [0.15, 0.2) is 0 Å². The maximum Gasteiger partial charge on any atom is 0.0824 e. The summed E-state index contributed by atoms with van der Waals surface area (Å²) < 4.78 is 5.59. The van der Waals surface area contributed by atoms with Crippen molar-refractivity contribution in [3.8, 4) is 11.3 Å². The van der Waals surface area contributed by atoms with Crippen LogP contribution in [0, 0.1) is 0 Å². The summed E-state index contributed by atoms with van der Waals surface area (Å²) in [5, 5.41) is 11.5. The third-order valence-electron chi connectivity index (χ3n) is 3.41. The van der Waals surface area contributed by atoms with Gasteiger partial charge in [-0.25, -0.2) is 0 Å². The van der Waals surface area contributed by atoms with Gasteiger partial charge in [0.2, 0.25) is 0 Å². The Hall–Kier alpha value is -0.920. The Balaban J connectivity index is 0.00000147. The first-order valence-electron chi connectivity index (χ1n) is 6.45. The summed E-state index contributed by atoms with van der Waals surface area (Å²) in [6.07, 6.45) is 2.07. The first-order valence-corrected chi connectivity index (χ1v) is 7.40. The van der Waals surface area contributed by atoms with Crippen LogP contribution in [-0.2, 0) is 11.3 Å². The standard InChI is InChI=1S/C13H18N4OS.ClH/c14-5-12-8-17(2-3-18-12)7-11-6-15-16-13(11)10-1-4-19-9-10;/h1,4,6,9,12H,2-3,5,7-8,14H2,(H,15,16);1H. The van der Waals surface area contributed by atoms with Gasteiger partial charge in [0, 0.05) is 42.7 Å². The Morgan fingerprint density at radius 1 is 1.55 bits per heavy atom. The van der Waals surface area contributed by atoms with E-state index in [4.69, 9.17) is 10.5 Å². The van der Waals surface area contributed by atoms with E-state index in [9.17, 15) is 0 Å². The lowest BCUT2D eigenvalue weighted by molar-refractivity contribution is -0.0260. The number of thiophene rings is 1. The number of nitrogens with one attached hydrogen (secondary N) is 1. The van der Waals surface area contributed by atoms with E-state index in [0.717, 1.165) is 31.9 Å². The molecule has 1 aliphatic heterocycles. The van der Waals surface area contributed by atoms with E-state index < -0.39 is 0 Å². The van der Waals surface area contributed by atoms with Crippen LogP contribution in [0.1, 0.15) is 5.56 Å². The average Bonchev–Trinajstić information content (AvgIpc) is 3.09. The Bertz CT molecular complexity index is 516. The topological polar surface area (TPSA) is 67.2 Å². The lowest BCUT2D eigenvalue weighted by atomic mass is 10.1. The molecule has 1 fully saturated rings. The van der Waals surface area contributed by atoms with Gasteiger partial charge in [-0.05, 0) is 11.4 Å². The highest BCUT2D eigenvalue weighted by Crippen LogP contribution is 2.24. The number of halogens is 1. The molecule has 2 aromatic rings. The zero-order chi connectivity index (χ0) is 13.1. The van der Waals surface area contributed by atoms with Gasteiger partial charge in [-0.15, -0.1) is 12.4 Å². The molecule has 0 spiro atoms. The summed E-state index contributed by atoms with van der Waals surface area (Å²) in [6, 6.07) is 2.11. The maximum atomic E-state index is 5.68. The average molecular weight is 315 g/mol. The second-order valence-corrected chi connectivity index (χ2v) is 5.53. The number of aromatic nitrogens is 2. The summed E-state index contributed by atoms with van der Waals surface area (Å²) in [7, 11) is 0. The number of hydrogen-bond donors (Lipinski definition) is 2. The molecule has 1 aliphatic rings. The minimum atomic E-state index is 0. The van der Waals surface area contributed by atoms with Crippen molar-refractivity contribution >= 4 is 23.7 Å². The molecule has 1 unspecified atom stereocenters. The van der Waals surface area contributed by atoms with Gasteiger partial charge < -0.3 is 10.5 Å². The molecule has 3 heterocycles. The van der Waals surface area contributed by atoms with Crippen molar-refractivity contribution in [2.24, 2.45) is 5.73 Å². The van der Waals surface area contributed by atoms with Crippen molar-refractivity contribution in [3.63, 3.8) is 0 Å². The Kier molecular flexibility index (Phi) is 5.56. The van der Waals surface area contributed by atoms with E-state index in [1.54, 1.807) is 11.3 Å². The van der Waals surface area contributed by atoms with E-state index in [-0.39, 0.29) is 18.5 Å². The summed E-state index contributed by atoms with van der Waals surface area (Å²) in [4.78, 5) is 2.38. The minimum absolute atomic E-state index is 0. The third-order valence-corrected chi connectivity index (χ3v) is 4.09. The number of ether oxygens (including phenoxy) is 1. The number of morpholine rings is 1. The van der Waals surface area contributed by atoms with Crippen LogP contribution in [0.15, 0.2) is 23.0 Å². The highest BCUT2D eigenvalue weighted by atomic mass is 35.5. The highest BCUT2D eigenvalue weighted by Gasteiger charge is 2.20. The molecule has 0 aromatic carbocycles. The normalized spacial score (nSPS) is 19.8.